The summed E-state index contributed by atoms with van der Waals surface area (Å²) in [6.45, 7) is 3.68. The lowest BCUT2D eigenvalue weighted by atomic mass is 10.0. The Kier molecular flexibility index (Phi) is 4.16. The van der Waals surface area contributed by atoms with Crippen LogP contribution in [0.25, 0.3) is 10.9 Å². The van der Waals surface area contributed by atoms with Gasteiger partial charge in [0.1, 0.15) is 6.04 Å². The topological polar surface area (TPSA) is 97.2 Å². The Morgan fingerprint density at radius 3 is 2.67 bits per heavy atom. The Labute approximate surface area is 122 Å². The molecule has 0 saturated heterocycles. The average molecular weight is 289 g/mol. The average Bonchev–Trinajstić information content (AvgIpc) is 2.86. The fraction of sp³-hybridized carbons (Fsp3) is 0.333. The van der Waals surface area contributed by atoms with Gasteiger partial charge in [-0.05, 0) is 24.1 Å². The van der Waals surface area contributed by atoms with Gasteiger partial charge in [-0.1, -0.05) is 13.8 Å². The number of benzene rings is 1. The zero-order valence-corrected chi connectivity index (χ0v) is 12.3. The number of esters is 1. The van der Waals surface area contributed by atoms with Crippen LogP contribution < -0.4 is 11.1 Å². The van der Waals surface area contributed by atoms with Crippen molar-refractivity contribution in [2.24, 2.45) is 5.92 Å². The van der Waals surface area contributed by atoms with Gasteiger partial charge in [-0.3, -0.25) is 4.79 Å². The minimum Gasteiger partial charge on any atom is -0.467 e. The van der Waals surface area contributed by atoms with Crippen molar-refractivity contribution in [3.63, 3.8) is 0 Å². The summed E-state index contributed by atoms with van der Waals surface area (Å²) in [4.78, 5) is 27.1. The molecule has 6 nitrogen and oxygen atoms in total. The second kappa shape index (κ2) is 5.87. The Balaban J connectivity index is 2.29. The molecule has 1 aromatic heterocycles. The highest BCUT2D eigenvalue weighted by Crippen LogP contribution is 2.21. The molecule has 1 unspecified atom stereocenters. The van der Waals surface area contributed by atoms with E-state index in [1.54, 1.807) is 18.3 Å². The van der Waals surface area contributed by atoms with Crippen molar-refractivity contribution in [3.05, 3.63) is 30.0 Å². The number of carbonyl (C=O) groups is 2. The zero-order valence-electron chi connectivity index (χ0n) is 12.3. The minimum atomic E-state index is -0.687. The summed E-state index contributed by atoms with van der Waals surface area (Å²) in [6, 6.07) is 4.60. The van der Waals surface area contributed by atoms with Crippen LogP contribution in [0.4, 0.5) is 5.69 Å². The van der Waals surface area contributed by atoms with Crippen LogP contribution in [-0.2, 0) is 9.53 Å². The highest BCUT2D eigenvalue weighted by Gasteiger charge is 2.26. The number of carbonyl (C=O) groups excluding carboxylic acids is 2. The molecule has 1 amide bonds. The summed E-state index contributed by atoms with van der Waals surface area (Å²) >= 11 is 0. The molecule has 1 atom stereocenters. The van der Waals surface area contributed by atoms with Crippen LogP contribution in [0.15, 0.2) is 24.4 Å². The molecule has 1 heterocycles. The first-order chi connectivity index (χ1) is 9.93. The minimum absolute atomic E-state index is 0.0725. The number of fused-ring (bicyclic) bond motifs is 1. The van der Waals surface area contributed by atoms with Gasteiger partial charge in [0, 0.05) is 22.8 Å². The molecule has 112 valence electrons. The van der Waals surface area contributed by atoms with E-state index in [2.05, 4.69) is 10.3 Å². The molecule has 0 aliphatic rings. The number of aromatic amines is 1. The molecule has 1 aromatic carbocycles. The van der Waals surface area contributed by atoms with E-state index < -0.39 is 12.0 Å². The molecule has 4 N–H and O–H groups in total. The maximum Gasteiger partial charge on any atom is 0.328 e. The Morgan fingerprint density at radius 1 is 1.33 bits per heavy atom. The van der Waals surface area contributed by atoms with Gasteiger partial charge in [0.05, 0.1) is 12.7 Å². The van der Waals surface area contributed by atoms with Gasteiger partial charge in [0.25, 0.3) is 5.91 Å². The van der Waals surface area contributed by atoms with Gasteiger partial charge in [-0.15, -0.1) is 0 Å². The van der Waals surface area contributed by atoms with Crippen LogP contribution in [0.2, 0.25) is 0 Å². The number of rotatable bonds is 4. The molecule has 0 aliphatic heterocycles. The van der Waals surface area contributed by atoms with Crippen molar-refractivity contribution in [2.45, 2.75) is 19.9 Å². The lowest BCUT2D eigenvalue weighted by Gasteiger charge is -2.19. The summed E-state index contributed by atoms with van der Waals surface area (Å²) in [5.74, 6) is -0.870. The number of methoxy groups -OCH3 is 1. The number of nitrogen functional groups attached to an aromatic ring is 1. The van der Waals surface area contributed by atoms with Crippen molar-refractivity contribution in [1.29, 1.82) is 0 Å². The van der Waals surface area contributed by atoms with E-state index in [1.165, 1.54) is 7.11 Å². The molecule has 0 aliphatic carbocycles. The molecule has 6 heteroatoms. The third-order valence-corrected chi connectivity index (χ3v) is 3.36. The number of ether oxygens (including phenoxy) is 1. The van der Waals surface area contributed by atoms with Crippen LogP contribution in [0, 0.1) is 5.92 Å². The SMILES string of the molecule is COC(=O)C(NC(=O)c1c[nH]c2ccc(N)cc12)C(C)C. The van der Waals surface area contributed by atoms with Gasteiger partial charge >= 0.3 is 5.97 Å². The monoisotopic (exact) mass is 289 g/mol. The number of nitrogens with one attached hydrogen (secondary N) is 2. The van der Waals surface area contributed by atoms with Crippen molar-refractivity contribution in [2.75, 3.05) is 12.8 Å². The predicted octanol–water partition coefficient (Wildman–Crippen LogP) is 1.68. The van der Waals surface area contributed by atoms with E-state index in [9.17, 15) is 9.59 Å². The third kappa shape index (κ3) is 2.99. The first kappa shape index (κ1) is 14.9. The number of hydrogen-bond acceptors (Lipinski definition) is 4. The summed E-state index contributed by atoms with van der Waals surface area (Å²) in [5, 5.41) is 3.43. The quantitative estimate of drug-likeness (QED) is 0.589. The predicted molar refractivity (Wildman–Crippen MR) is 80.8 cm³/mol. The standard InChI is InChI=1S/C15H19N3O3/c1-8(2)13(15(20)21-3)18-14(19)11-7-17-12-5-4-9(16)6-10(11)12/h4-8,13,17H,16H2,1-3H3,(H,18,19). The molecule has 2 aromatic rings. The fourth-order valence-corrected chi connectivity index (χ4v) is 2.17. The zero-order chi connectivity index (χ0) is 15.6. The summed E-state index contributed by atoms with van der Waals surface area (Å²) in [5.41, 5.74) is 7.59. The highest BCUT2D eigenvalue weighted by molar-refractivity contribution is 6.08. The van der Waals surface area contributed by atoms with Crippen LogP contribution >= 0.6 is 0 Å². The lowest BCUT2D eigenvalue weighted by molar-refractivity contribution is -0.144. The van der Waals surface area contributed by atoms with Crippen molar-refractivity contribution in [3.8, 4) is 0 Å². The van der Waals surface area contributed by atoms with E-state index in [0.717, 1.165) is 10.9 Å². The van der Waals surface area contributed by atoms with E-state index in [4.69, 9.17) is 10.5 Å². The van der Waals surface area contributed by atoms with Gasteiger partial charge in [-0.25, -0.2) is 4.79 Å². The van der Waals surface area contributed by atoms with E-state index >= 15 is 0 Å². The largest absolute Gasteiger partial charge is 0.467 e. The summed E-state index contributed by atoms with van der Waals surface area (Å²) < 4.78 is 4.72. The Morgan fingerprint density at radius 2 is 2.05 bits per heavy atom. The summed E-state index contributed by atoms with van der Waals surface area (Å²) in [6.07, 6.45) is 1.61. The molecule has 0 fully saturated rings. The molecular formula is C15H19N3O3. The van der Waals surface area contributed by atoms with Crippen LogP contribution in [0.1, 0.15) is 24.2 Å². The van der Waals surface area contributed by atoms with Crippen molar-refractivity contribution >= 4 is 28.5 Å². The molecule has 0 spiro atoms. The fourth-order valence-electron chi connectivity index (χ4n) is 2.17. The highest BCUT2D eigenvalue weighted by atomic mass is 16.5. The van der Waals surface area contributed by atoms with Gasteiger partial charge in [-0.2, -0.15) is 0 Å². The summed E-state index contributed by atoms with van der Waals surface area (Å²) in [7, 11) is 1.30. The smallest absolute Gasteiger partial charge is 0.328 e. The van der Waals surface area contributed by atoms with Crippen LogP contribution in [0.5, 0.6) is 0 Å². The van der Waals surface area contributed by atoms with Crippen LogP contribution in [-0.4, -0.2) is 30.0 Å². The Hall–Kier alpha value is -2.50. The lowest BCUT2D eigenvalue weighted by Crippen LogP contribution is -2.44. The second-order valence-electron chi connectivity index (χ2n) is 5.23. The second-order valence-corrected chi connectivity index (χ2v) is 5.23. The molecule has 0 saturated carbocycles. The normalized spacial score (nSPS) is 12.4. The van der Waals surface area contributed by atoms with Crippen molar-refractivity contribution in [1.82, 2.24) is 10.3 Å². The maximum atomic E-state index is 12.4. The van der Waals surface area contributed by atoms with E-state index in [-0.39, 0.29) is 11.8 Å². The van der Waals surface area contributed by atoms with E-state index in [1.807, 2.05) is 19.9 Å². The number of amides is 1. The third-order valence-electron chi connectivity index (χ3n) is 3.36. The van der Waals surface area contributed by atoms with Gasteiger partial charge in [0.15, 0.2) is 0 Å². The first-order valence-corrected chi connectivity index (χ1v) is 6.69. The number of nitrogens with two attached hydrogens (primary N) is 1. The number of H-pyrrole nitrogens is 1. The van der Waals surface area contributed by atoms with Crippen LogP contribution in [0.3, 0.4) is 0 Å². The van der Waals surface area contributed by atoms with E-state index in [0.29, 0.717) is 11.3 Å². The number of aromatic nitrogens is 1. The molecule has 0 bridgehead atoms. The molecular weight excluding hydrogens is 270 g/mol. The van der Waals surface area contributed by atoms with Gasteiger partial charge < -0.3 is 20.8 Å². The number of anilines is 1. The first-order valence-electron chi connectivity index (χ1n) is 6.69. The number of hydrogen-bond donors (Lipinski definition) is 3. The molecule has 2 rings (SSSR count). The Bertz CT molecular complexity index is 676. The van der Waals surface area contributed by atoms with Gasteiger partial charge in [0.2, 0.25) is 0 Å². The van der Waals surface area contributed by atoms with Crippen molar-refractivity contribution < 1.29 is 14.3 Å². The molecule has 0 radical (unpaired) electrons. The molecule has 21 heavy (non-hydrogen) atoms. The maximum absolute atomic E-state index is 12.4.